The van der Waals surface area contributed by atoms with E-state index in [9.17, 15) is 4.39 Å². The Hall–Kier alpha value is -2.61. The van der Waals surface area contributed by atoms with Crippen molar-refractivity contribution >= 4 is 11.5 Å². The zero-order valence-electron chi connectivity index (χ0n) is 12.1. The summed E-state index contributed by atoms with van der Waals surface area (Å²) in [4.78, 5) is 0. The first kappa shape index (κ1) is 14.8. The van der Waals surface area contributed by atoms with Crippen molar-refractivity contribution < 1.29 is 4.39 Å². The first-order chi connectivity index (χ1) is 10.1. The van der Waals surface area contributed by atoms with Crippen LogP contribution in [0.15, 0.2) is 85.1 Å². The van der Waals surface area contributed by atoms with Crippen molar-refractivity contribution in [1.82, 2.24) is 5.32 Å². The minimum atomic E-state index is -0.333. The Morgan fingerprint density at radius 3 is 1.81 bits per heavy atom. The minimum absolute atomic E-state index is 0.333. The van der Waals surface area contributed by atoms with Gasteiger partial charge in [-0.2, -0.15) is 0 Å². The van der Waals surface area contributed by atoms with E-state index in [0.717, 1.165) is 5.56 Å². The predicted molar refractivity (Wildman–Crippen MR) is 87.9 cm³/mol. The van der Waals surface area contributed by atoms with Gasteiger partial charge in [0.25, 0.3) is 0 Å². The van der Waals surface area contributed by atoms with E-state index in [0.29, 0.717) is 22.5 Å². The van der Waals surface area contributed by atoms with E-state index in [1.807, 2.05) is 36.4 Å². The summed E-state index contributed by atoms with van der Waals surface area (Å²) in [5, 5.41) is 3.04. The highest BCUT2D eigenvalue weighted by atomic mass is 19.1. The lowest BCUT2D eigenvalue weighted by Gasteiger charge is -2.15. The van der Waals surface area contributed by atoms with Gasteiger partial charge < -0.3 is 5.32 Å². The Labute approximate surface area is 125 Å². The molecule has 0 unspecified atom stereocenters. The number of benzene rings is 2. The summed E-state index contributed by atoms with van der Waals surface area (Å²) in [6.07, 6.45) is 0. The topological polar surface area (TPSA) is 12.0 Å². The molecule has 2 aromatic carbocycles. The van der Waals surface area contributed by atoms with Gasteiger partial charge in [-0.1, -0.05) is 73.8 Å². The van der Waals surface area contributed by atoms with Crippen molar-refractivity contribution in [2.24, 2.45) is 0 Å². The third-order valence-electron chi connectivity index (χ3n) is 3.07. The Bertz CT molecular complexity index is 669. The molecule has 0 aliphatic heterocycles. The lowest BCUT2D eigenvalue weighted by Crippen LogP contribution is -2.13. The summed E-state index contributed by atoms with van der Waals surface area (Å²) in [6.45, 7) is 9.58. The fourth-order valence-electron chi connectivity index (χ4n) is 1.94. The van der Waals surface area contributed by atoms with Gasteiger partial charge in [0.15, 0.2) is 5.83 Å². The Kier molecular flexibility index (Phi) is 4.72. The highest BCUT2D eigenvalue weighted by molar-refractivity contribution is 5.71. The van der Waals surface area contributed by atoms with E-state index < -0.39 is 0 Å². The van der Waals surface area contributed by atoms with Crippen LogP contribution in [0.2, 0.25) is 0 Å². The molecule has 0 spiro atoms. The van der Waals surface area contributed by atoms with Crippen molar-refractivity contribution in [3.63, 3.8) is 0 Å². The van der Waals surface area contributed by atoms with Crippen LogP contribution in [0.3, 0.4) is 0 Å². The van der Waals surface area contributed by atoms with E-state index in [2.05, 4.69) is 18.5 Å². The number of halogens is 1. The molecule has 2 aromatic rings. The van der Waals surface area contributed by atoms with Crippen LogP contribution in [0.4, 0.5) is 4.39 Å². The normalized spacial score (nSPS) is 11.5. The summed E-state index contributed by atoms with van der Waals surface area (Å²) in [6, 6.07) is 18.5. The second-order valence-electron chi connectivity index (χ2n) is 4.80. The summed E-state index contributed by atoms with van der Waals surface area (Å²) < 4.78 is 14.6. The van der Waals surface area contributed by atoms with Crippen LogP contribution < -0.4 is 5.32 Å². The van der Waals surface area contributed by atoms with Gasteiger partial charge in [-0.25, -0.2) is 4.39 Å². The SMILES string of the molecule is C=C(C)/C(NC(=C)c1ccccc1)=C(\F)c1ccccc1. The van der Waals surface area contributed by atoms with Crippen LogP contribution in [0.1, 0.15) is 18.1 Å². The highest BCUT2D eigenvalue weighted by Gasteiger charge is 2.11. The van der Waals surface area contributed by atoms with Gasteiger partial charge >= 0.3 is 0 Å². The van der Waals surface area contributed by atoms with Gasteiger partial charge in [0.2, 0.25) is 0 Å². The van der Waals surface area contributed by atoms with Gasteiger partial charge in [-0.3, -0.25) is 0 Å². The number of hydrogen-bond acceptors (Lipinski definition) is 1. The van der Waals surface area contributed by atoms with Gasteiger partial charge in [0.1, 0.15) is 0 Å². The Morgan fingerprint density at radius 2 is 1.33 bits per heavy atom. The van der Waals surface area contributed by atoms with Crippen LogP contribution >= 0.6 is 0 Å². The molecule has 0 saturated heterocycles. The molecular formula is C19H18FN. The first-order valence-corrected chi connectivity index (χ1v) is 6.72. The molecule has 1 N–H and O–H groups in total. The van der Waals surface area contributed by atoms with E-state index >= 15 is 0 Å². The molecule has 0 bridgehead atoms. The van der Waals surface area contributed by atoms with Crippen LogP contribution in [-0.2, 0) is 0 Å². The molecule has 2 heteroatoms. The summed E-state index contributed by atoms with van der Waals surface area (Å²) in [5.74, 6) is -0.333. The minimum Gasteiger partial charge on any atom is -0.353 e. The van der Waals surface area contributed by atoms with E-state index in [1.165, 1.54) is 0 Å². The molecule has 0 aliphatic rings. The van der Waals surface area contributed by atoms with Gasteiger partial charge in [-0.15, -0.1) is 0 Å². The smallest absolute Gasteiger partial charge is 0.154 e. The molecule has 0 atom stereocenters. The van der Waals surface area contributed by atoms with Crippen molar-refractivity contribution in [1.29, 1.82) is 0 Å². The molecule has 0 aromatic heterocycles. The molecule has 0 saturated carbocycles. The van der Waals surface area contributed by atoms with Crippen LogP contribution in [0.5, 0.6) is 0 Å². The number of nitrogens with one attached hydrogen (secondary N) is 1. The van der Waals surface area contributed by atoms with Crippen molar-refractivity contribution in [2.75, 3.05) is 0 Å². The van der Waals surface area contributed by atoms with Crippen molar-refractivity contribution in [3.05, 3.63) is 96.2 Å². The second-order valence-corrected chi connectivity index (χ2v) is 4.80. The Morgan fingerprint density at radius 1 is 0.857 bits per heavy atom. The maximum absolute atomic E-state index is 14.6. The molecule has 0 fully saturated rings. The Balaban J connectivity index is 2.33. The molecule has 21 heavy (non-hydrogen) atoms. The number of allylic oxidation sites excluding steroid dienone is 1. The average Bonchev–Trinajstić information content (AvgIpc) is 2.53. The number of rotatable bonds is 5. The fourth-order valence-corrected chi connectivity index (χ4v) is 1.94. The standard InChI is InChI=1S/C19H18FN/c1-14(2)19(18(20)17-12-8-5-9-13-17)21-15(3)16-10-6-4-7-11-16/h4-13,21H,1,3H2,2H3/b19-18+. The van der Waals surface area contributed by atoms with E-state index in [4.69, 9.17) is 0 Å². The third-order valence-corrected chi connectivity index (χ3v) is 3.07. The van der Waals surface area contributed by atoms with Gasteiger partial charge in [0.05, 0.1) is 5.70 Å². The predicted octanol–water partition coefficient (Wildman–Crippen LogP) is 5.16. The maximum Gasteiger partial charge on any atom is 0.154 e. The molecule has 0 heterocycles. The zero-order chi connectivity index (χ0) is 15.2. The third kappa shape index (κ3) is 3.69. The molecule has 0 aliphatic carbocycles. The van der Waals surface area contributed by atoms with Gasteiger partial charge in [-0.05, 0) is 18.1 Å². The highest BCUT2D eigenvalue weighted by Crippen LogP contribution is 2.24. The maximum atomic E-state index is 14.6. The van der Waals surface area contributed by atoms with E-state index in [-0.39, 0.29) is 5.83 Å². The summed E-state index contributed by atoms with van der Waals surface area (Å²) in [7, 11) is 0. The van der Waals surface area contributed by atoms with Gasteiger partial charge in [0, 0.05) is 11.3 Å². The van der Waals surface area contributed by atoms with E-state index in [1.54, 1.807) is 31.2 Å². The first-order valence-electron chi connectivity index (χ1n) is 6.72. The molecule has 1 nitrogen and oxygen atoms in total. The molecular weight excluding hydrogens is 261 g/mol. The molecule has 106 valence electrons. The zero-order valence-corrected chi connectivity index (χ0v) is 12.1. The largest absolute Gasteiger partial charge is 0.353 e. The monoisotopic (exact) mass is 279 g/mol. The van der Waals surface area contributed by atoms with Crippen LogP contribution in [0, 0.1) is 0 Å². The summed E-state index contributed by atoms with van der Waals surface area (Å²) in [5.41, 5.74) is 3.05. The average molecular weight is 279 g/mol. The van der Waals surface area contributed by atoms with Crippen molar-refractivity contribution in [2.45, 2.75) is 6.92 Å². The molecule has 0 amide bonds. The lowest BCUT2D eigenvalue weighted by atomic mass is 10.1. The van der Waals surface area contributed by atoms with Crippen LogP contribution in [0.25, 0.3) is 11.5 Å². The molecule has 2 rings (SSSR count). The fraction of sp³-hybridized carbons (Fsp3) is 0.0526. The summed E-state index contributed by atoms with van der Waals surface area (Å²) >= 11 is 0. The second kappa shape index (κ2) is 6.71. The van der Waals surface area contributed by atoms with Crippen molar-refractivity contribution in [3.8, 4) is 0 Å². The lowest BCUT2D eigenvalue weighted by molar-refractivity contribution is 0.743. The van der Waals surface area contributed by atoms with Crippen LogP contribution in [-0.4, -0.2) is 0 Å². The molecule has 0 radical (unpaired) electrons. The quantitative estimate of drug-likeness (QED) is 0.745. The number of hydrogen-bond donors (Lipinski definition) is 1.